The Morgan fingerprint density at radius 1 is 1.17 bits per heavy atom. The number of aryl methyl sites for hydroxylation is 1. The molecule has 1 amide bonds. The van der Waals surface area contributed by atoms with Gasteiger partial charge < -0.3 is 9.64 Å². The number of carbonyl (C=O) groups excluding carboxylic acids is 1. The number of rotatable bonds is 4. The van der Waals surface area contributed by atoms with Gasteiger partial charge in [0.25, 0.3) is 5.91 Å². The smallest absolute Gasteiger partial charge is 0.263 e. The lowest BCUT2D eigenvalue weighted by molar-refractivity contribution is 0.0766. The van der Waals surface area contributed by atoms with E-state index in [1.54, 1.807) is 0 Å². The lowest BCUT2D eigenvalue weighted by atomic mass is 10.2. The highest BCUT2D eigenvalue weighted by molar-refractivity contribution is 7.12. The summed E-state index contributed by atoms with van der Waals surface area (Å²) in [5, 5.41) is 2.03. The summed E-state index contributed by atoms with van der Waals surface area (Å²) in [6.07, 6.45) is 4.73. The van der Waals surface area contributed by atoms with Crippen LogP contribution >= 0.6 is 11.3 Å². The molecule has 0 radical (unpaired) electrons. The maximum atomic E-state index is 12.6. The zero-order valence-electron chi connectivity index (χ0n) is 13.6. The lowest BCUT2D eigenvalue weighted by Gasteiger charge is -2.19. The number of benzene rings is 1. The average molecular weight is 329 g/mol. The molecule has 4 heteroatoms. The first-order valence-electron chi connectivity index (χ1n) is 8.28. The van der Waals surface area contributed by atoms with Crippen molar-refractivity contribution >= 4 is 17.2 Å². The van der Waals surface area contributed by atoms with E-state index < -0.39 is 0 Å². The van der Waals surface area contributed by atoms with Gasteiger partial charge in [0.15, 0.2) is 0 Å². The molecule has 0 N–H and O–H groups in total. The van der Waals surface area contributed by atoms with Crippen molar-refractivity contribution in [2.24, 2.45) is 0 Å². The summed E-state index contributed by atoms with van der Waals surface area (Å²) in [7, 11) is 0. The van der Waals surface area contributed by atoms with Crippen LogP contribution in [-0.4, -0.2) is 23.9 Å². The van der Waals surface area contributed by atoms with Crippen molar-refractivity contribution in [1.82, 2.24) is 4.90 Å². The maximum Gasteiger partial charge on any atom is 0.263 e. The summed E-state index contributed by atoms with van der Waals surface area (Å²) in [4.78, 5) is 15.4. The summed E-state index contributed by atoms with van der Waals surface area (Å²) >= 11 is 1.53. The molecule has 1 aromatic heterocycles. The van der Waals surface area contributed by atoms with Gasteiger partial charge in [0.05, 0.1) is 4.88 Å². The van der Waals surface area contributed by atoms with Gasteiger partial charge in [0.1, 0.15) is 12.4 Å². The van der Waals surface area contributed by atoms with Crippen molar-refractivity contribution in [3.63, 3.8) is 0 Å². The first-order valence-corrected chi connectivity index (χ1v) is 9.16. The molecule has 3 rings (SSSR count). The van der Waals surface area contributed by atoms with Crippen molar-refractivity contribution in [3.05, 3.63) is 51.7 Å². The Bertz CT molecular complexity index is 657. The highest BCUT2D eigenvalue weighted by atomic mass is 32.1. The molecule has 3 nitrogen and oxygen atoms in total. The number of nitrogens with zero attached hydrogens (tertiary/aromatic N) is 1. The molecule has 2 aromatic rings. The molecule has 122 valence electrons. The van der Waals surface area contributed by atoms with E-state index in [0.717, 1.165) is 42.1 Å². The van der Waals surface area contributed by atoms with Crippen molar-refractivity contribution in [1.29, 1.82) is 0 Å². The van der Waals surface area contributed by atoms with Crippen LogP contribution in [0.2, 0.25) is 0 Å². The van der Waals surface area contributed by atoms with Crippen LogP contribution < -0.4 is 4.74 Å². The van der Waals surface area contributed by atoms with Gasteiger partial charge in [-0.1, -0.05) is 25.0 Å². The third-order valence-electron chi connectivity index (χ3n) is 4.15. The van der Waals surface area contributed by atoms with Crippen molar-refractivity contribution in [2.75, 3.05) is 13.1 Å². The third kappa shape index (κ3) is 4.35. The van der Waals surface area contributed by atoms with Crippen LogP contribution in [0, 0.1) is 6.92 Å². The molecule has 0 saturated carbocycles. The SMILES string of the molecule is Cc1cccc(OCc2csc(C(=O)N3CCCCCC3)c2)c1. The average Bonchev–Trinajstić information content (AvgIpc) is 2.86. The van der Waals surface area contributed by atoms with Gasteiger partial charge in [-0.05, 0) is 48.9 Å². The van der Waals surface area contributed by atoms with Crippen LogP contribution in [0.1, 0.15) is 46.5 Å². The Morgan fingerprint density at radius 2 is 1.96 bits per heavy atom. The molecular weight excluding hydrogens is 306 g/mol. The molecule has 1 aliphatic heterocycles. The Balaban J connectivity index is 1.60. The van der Waals surface area contributed by atoms with Crippen LogP contribution in [0.5, 0.6) is 5.75 Å². The first-order chi connectivity index (χ1) is 11.2. The van der Waals surface area contributed by atoms with Gasteiger partial charge in [0, 0.05) is 18.7 Å². The third-order valence-corrected chi connectivity index (χ3v) is 5.12. The van der Waals surface area contributed by atoms with Crippen LogP contribution in [-0.2, 0) is 6.61 Å². The molecule has 0 atom stereocenters. The zero-order valence-corrected chi connectivity index (χ0v) is 14.4. The monoisotopic (exact) mass is 329 g/mol. The summed E-state index contributed by atoms with van der Waals surface area (Å²) < 4.78 is 5.81. The summed E-state index contributed by atoms with van der Waals surface area (Å²) in [6.45, 7) is 4.35. The second-order valence-electron chi connectivity index (χ2n) is 6.13. The van der Waals surface area contributed by atoms with E-state index in [2.05, 4.69) is 13.0 Å². The molecule has 1 saturated heterocycles. The second-order valence-corrected chi connectivity index (χ2v) is 7.04. The summed E-state index contributed by atoms with van der Waals surface area (Å²) in [5.41, 5.74) is 2.25. The van der Waals surface area contributed by atoms with Gasteiger partial charge in [-0.2, -0.15) is 0 Å². The number of carbonyl (C=O) groups is 1. The van der Waals surface area contributed by atoms with E-state index in [1.807, 2.05) is 34.5 Å². The molecule has 1 aliphatic rings. The van der Waals surface area contributed by atoms with E-state index in [1.165, 1.54) is 29.7 Å². The number of thiophene rings is 1. The normalized spacial score (nSPS) is 15.3. The molecule has 0 aliphatic carbocycles. The minimum absolute atomic E-state index is 0.179. The molecular formula is C19H23NO2S. The van der Waals surface area contributed by atoms with Crippen LogP contribution in [0.3, 0.4) is 0 Å². The minimum Gasteiger partial charge on any atom is -0.489 e. The Kier molecular flexibility index (Phi) is 5.34. The molecule has 0 unspecified atom stereocenters. The fourth-order valence-electron chi connectivity index (χ4n) is 2.86. The molecule has 2 heterocycles. The highest BCUT2D eigenvalue weighted by Crippen LogP contribution is 2.21. The number of likely N-dealkylation sites (tertiary alicyclic amines) is 1. The number of amides is 1. The summed E-state index contributed by atoms with van der Waals surface area (Å²) in [5.74, 6) is 1.05. The Morgan fingerprint density at radius 3 is 2.70 bits per heavy atom. The zero-order chi connectivity index (χ0) is 16.1. The van der Waals surface area contributed by atoms with Gasteiger partial charge in [-0.3, -0.25) is 4.79 Å². The minimum atomic E-state index is 0.179. The lowest BCUT2D eigenvalue weighted by Crippen LogP contribution is -2.31. The molecule has 0 spiro atoms. The maximum absolute atomic E-state index is 12.6. The number of ether oxygens (including phenoxy) is 1. The fourth-order valence-corrected chi connectivity index (χ4v) is 3.73. The fraction of sp³-hybridized carbons (Fsp3) is 0.421. The molecule has 1 aromatic carbocycles. The first kappa shape index (κ1) is 16.1. The van der Waals surface area contributed by atoms with Crippen LogP contribution in [0.4, 0.5) is 0 Å². The highest BCUT2D eigenvalue weighted by Gasteiger charge is 2.18. The van der Waals surface area contributed by atoms with Crippen molar-refractivity contribution in [3.8, 4) is 5.75 Å². The Hall–Kier alpha value is -1.81. The van der Waals surface area contributed by atoms with E-state index >= 15 is 0 Å². The van der Waals surface area contributed by atoms with E-state index in [-0.39, 0.29) is 5.91 Å². The Labute approximate surface area is 141 Å². The number of hydrogen-bond acceptors (Lipinski definition) is 3. The molecule has 0 bridgehead atoms. The van der Waals surface area contributed by atoms with E-state index in [9.17, 15) is 4.79 Å². The topological polar surface area (TPSA) is 29.5 Å². The van der Waals surface area contributed by atoms with Crippen LogP contribution in [0.25, 0.3) is 0 Å². The van der Waals surface area contributed by atoms with E-state index in [4.69, 9.17) is 4.74 Å². The van der Waals surface area contributed by atoms with Gasteiger partial charge in [-0.25, -0.2) is 0 Å². The number of hydrogen-bond donors (Lipinski definition) is 0. The van der Waals surface area contributed by atoms with Gasteiger partial charge >= 0.3 is 0 Å². The van der Waals surface area contributed by atoms with Crippen LogP contribution in [0.15, 0.2) is 35.7 Å². The largest absolute Gasteiger partial charge is 0.489 e. The molecule has 1 fully saturated rings. The van der Waals surface area contributed by atoms with Gasteiger partial charge in [-0.15, -0.1) is 11.3 Å². The van der Waals surface area contributed by atoms with Gasteiger partial charge in [0.2, 0.25) is 0 Å². The predicted molar refractivity (Wildman–Crippen MR) is 94.2 cm³/mol. The van der Waals surface area contributed by atoms with E-state index in [0.29, 0.717) is 6.61 Å². The quantitative estimate of drug-likeness (QED) is 0.817. The molecule has 23 heavy (non-hydrogen) atoms. The summed E-state index contributed by atoms with van der Waals surface area (Å²) in [6, 6.07) is 10.0. The standard InChI is InChI=1S/C19H23NO2S/c1-15-7-6-8-17(11-15)22-13-16-12-18(23-14-16)19(21)20-9-4-2-3-5-10-20/h6-8,11-12,14H,2-5,9-10,13H2,1H3. The second kappa shape index (κ2) is 7.64. The predicted octanol–water partition coefficient (Wildman–Crippen LogP) is 4.65. The van der Waals surface area contributed by atoms with Crippen molar-refractivity contribution in [2.45, 2.75) is 39.2 Å². The van der Waals surface area contributed by atoms with Crippen molar-refractivity contribution < 1.29 is 9.53 Å².